The van der Waals surface area contributed by atoms with Gasteiger partial charge in [-0.2, -0.15) is 11.8 Å². The lowest BCUT2D eigenvalue weighted by molar-refractivity contribution is -0.124. The maximum atomic E-state index is 11.3. The summed E-state index contributed by atoms with van der Waals surface area (Å²) >= 11 is 1.98. The molecule has 0 radical (unpaired) electrons. The van der Waals surface area contributed by atoms with Crippen LogP contribution in [0, 0.1) is 5.92 Å². The molecule has 0 atom stereocenters. The van der Waals surface area contributed by atoms with E-state index in [-0.39, 0.29) is 11.8 Å². The van der Waals surface area contributed by atoms with Crippen molar-refractivity contribution < 1.29 is 4.79 Å². The Hall–Kier alpha value is -0.180. The van der Waals surface area contributed by atoms with Crippen molar-refractivity contribution in [1.82, 2.24) is 5.32 Å². The summed E-state index contributed by atoms with van der Waals surface area (Å²) in [4.78, 5) is 11.3. The maximum absolute atomic E-state index is 11.3. The number of carbonyl (C=O) groups excluding carboxylic acids is 1. The Morgan fingerprint density at radius 3 is 2.50 bits per heavy atom. The van der Waals surface area contributed by atoms with Crippen LogP contribution in [0.5, 0.6) is 0 Å². The van der Waals surface area contributed by atoms with Crippen molar-refractivity contribution in [2.75, 3.05) is 11.5 Å². The SMILES string of the molecule is CC(C)C(=O)NC1CCSCC1. The van der Waals surface area contributed by atoms with Gasteiger partial charge in [0.05, 0.1) is 0 Å². The first-order valence-electron chi connectivity index (χ1n) is 4.58. The topological polar surface area (TPSA) is 29.1 Å². The lowest BCUT2D eigenvalue weighted by Crippen LogP contribution is -2.39. The van der Waals surface area contributed by atoms with Gasteiger partial charge in [-0.25, -0.2) is 0 Å². The first-order valence-corrected chi connectivity index (χ1v) is 5.73. The number of rotatable bonds is 2. The molecule has 1 N–H and O–H groups in total. The van der Waals surface area contributed by atoms with Gasteiger partial charge in [-0.3, -0.25) is 4.79 Å². The van der Waals surface area contributed by atoms with E-state index >= 15 is 0 Å². The van der Waals surface area contributed by atoms with E-state index in [1.165, 1.54) is 11.5 Å². The zero-order valence-corrected chi connectivity index (χ0v) is 8.62. The lowest BCUT2D eigenvalue weighted by Gasteiger charge is -2.23. The summed E-state index contributed by atoms with van der Waals surface area (Å²) in [5.74, 6) is 2.72. The Kier molecular flexibility index (Phi) is 3.92. The summed E-state index contributed by atoms with van der Waals surface area (Å²) in [6.45, 7) is 3.87. The van der Waals surface area contributed by atoms with Crippen LogP contribution in [0.1, 0.15) is 26.7 Å². The van der Waals surface area contributed by atoms with E-state index in [4.69, 9.17) is 0 Å². The molecule has 0 aromatic rings. The number of hydrogen-bond acceptors (Lipinski definition) is 2. The molecule has 1 amide bonds. The molecule has 0 aromatic carbocycles. The van der Waals surface area contributed by atoms with Crippen LogP contribution in [0.2, 0.25) is 0 Å². The fourth-order valence-electron chi connectivity index (χ4n) is 1.21. The van der Waals surface area contributed by atoms with E-state index in [9.17, 15) is 4.79 Å². The van der Waals surface area contributed by atoms with Crippen molar-refractivity contribution in [1.29, 1.82) is 0 Å². The zero-order chi connectivity index (χ0) is 8.97. The van der Waals surface area contributed by atoms with E-state index in [0.29, 0.717) is 6.04 Å². The standard InChI is InChI=1S/C9H17NOS/c1-7(2)9(11)10-8-3-5-12-6-4-8/h7-8H,3-6H2,1-2H3,(H,10,11). The van der Waals surface area contributed by atoms with Crippen LogP contribution in [0.3, 0.4) is 0 Å². The highest BCUT2D eigenvalue weighted by Crippen LogP contribution is 2.17. The normalized spacial score (nSPS) is 19.6. The van der Waals surface area contributed by atoms with Crippen LogP contribution in [0.4, 0.5) is 0 Å². The summed E-state index contributed by atoms with van der Waals surface area (Å²) in [5.41, 5.74) is 0. The Labute approximate surface area is 78.5 Å². The van der Waals surface area contributed by atoms with Gasteiger partial charge in [0, 0.05) is 12.0 Å². The van der Waals surface area contributed by atoms with Crippen LogP contribution in [-0.4, -0.2) is 23.5 Å². The third-order valence-corrected chi connectivity index (χ3v) is 3.14. The van der Waals surface area contributed by atoms with Gasteiger partial charge in [0.2, 0.25) is 5.91 Å². The largest absolute Gasteiger partial charge is 0.353 e. The number of carbonyl (C=O) groups is 1. The van der Waals surface area contributed by atoms with Gasteiger partial charge in [-0.05, 0) is 24.3 Å². The van der Waals surface area contributed by atoms with Gasteiger partial charge in [0.25, 0.3) is 0 Å². The molecule has 1 heterocycles. The molecule has 1 rings (SSSR count). The molecule has 1 aliphatic rings. The van der Waals surface area contributed by atoms with Crippen LogP contribution < -0.4 is 5.32 Å². The number of hydrogen-bond donors (Lipinski definition) is 1. The highest BCUT2D eigenvalue weighted by atomic mass is 32.2. The minimum Gasteiger partial charge on any atom is -0.353 e. The molecule has 0 unspecified atom stereocenters. The molecule has 0 bridgehead atoms. The fraction of sp³-hybridized carbons (Fsp3) is 0.889. The van der Waals surface area contributed by atoms with Gasteiger partial charge in [0.15, 0.2) is 0 Å². The first-order chi connectivity index (χ1) is 5.70. The fourth-order valence-corrected chi connectivity index (χ4v) is 2.32. The second-order valence-corrected chi connectivity index (χ2v) is 4.77. The van der Waals surface area contributed by atoms with Crippen molar-refractivity contribution in [3.63, 3.8) is 0 Å². The summed E-state index contributed by atoms with van der Waals surface area (Å²) in [6.07, 6.45) is 2.28. The Bertz CT molecular complexity index is 153. The van der Waals surface area contributed by atoms with Gasteiger partial charge >= 0.3 is 0 Å². The van der Waals surface area contributed by atoms with Crippen LogP contribution >= 0.6 is 11.8 Å². The Morgan fingerprint density at radius 1 is 1.42 bits per heavy atom. The summed E-state index contributed by atoms with van der Waals surface area (Å²) in [6, 6.07) is 0.446. The molecule has 1 fully saturated rings. The smallest absolute Gasteiger partial charge is 0.222 e. The second-order valence-electron chi connectivity index (χ2n) is 3.55. The van der Waals surface area contributed by atoms with E-state index in [0.717, 1.165) is 12.8 Å². The quantitative estimate of drug-likeness (QED) is 0.712. The number of thioether (sulfide) groups is 1. The average molecular weight is 187 g/mol. The molecule has 0 spiro atoms. The molecule has 1 aliphatic heterocycles. The third-order valence-electron chi connectivity index (χ3n) is 2.09. The van der Waals surface area contributed by atoms with Crippen molar-refractivity contribution in [3.05, 3.63) is 0 Å². The molecular formula is C9H17NOS. The highest BCUT2D eigenvalue weighted by Gasteiger charge is 2.16. The molecule has 0 aliphatic carbocycles. The van der Waals surface area contributed by atoms with Crippen molar-refractivity contribution in [2.45, 2.75) is 32.7 Å². The van der Waals surface area contributed by atoms with Gasteiger partial charge < -0.3 is 5.32 Å². The second kappa shape index (κ2) is 4.75. The minimum atomic E-state index is 0.125. The summed E-state index contributed by atoms with van der Waals surface area (Å²) < 4.78 is 0. The van der Waals surface area contributed by atoms with Gasteiger partial charge in [-0.15, -0.1) is 0 Å². The molecule has 0 aromatic heterocycles. The number of amides is 1. The monoisotopic (exact) mass is 187 g/mol. The van der Waals surface area contributed by atoms with E-state index in [1.54, 1.807) is 0 Å². The lowest BCUT2D eigenvalue weighted by atomic mass is 10.1. The summed E-state index contributed by atoms with van der Waals surface area (Å²) in [7, 11) is 0. The predicted molar refractivity (Wildman–Crippen MR) is 53.3 cm³/mol. The molecule has 2 nitrogen and oxygen atoms in total. The van der Waals surface area contributed by atoms with E-state index < -0.39 is 0 Å². The van der Waals surface area contributed by atoms with E-state index in [1.807, 2.05) is 25.6 Å². The zero-order valence-electron chi connectivity index (χ0n) is 7.80. The minimum absolute atomic E-state index is 0.125. The molecule has 3 heteroatoms. The maximum Gasteiger partial charge on any atom is 0.222 e. The molecule has 70 valence electrons. The summed E-state index contributed by atoms with van der Waals surface area (Å²) in [5, 5.41) is 3.07. The predicted octanol–water partition coefficient (Wildman–Crippen LogP) is 1.65. The van der Waals surface area contributed by atoms with Crippen molar-refractivity contribution in [3.8, 4) is 0 Å². The molecule has 12 heavy (non-hydrogen) atoms. The van der Waals surface area contributed by atoms with Crippen LogP contribution in [0.25, 0.3) is 0 Å². The molecule has 1 saturated heterocycles. The first kappa shape index (κ1) is 9.90. The van der Waals surface area contributed by atoms with Crippen LogP contribution in [-0.2, 0) is 4.79 Å². The molecule has 0 saturated carbocycles. The van der Waals surface area contributed by atoms with E-state index in [2.05, 4.69) is 5.32 Å². The molecular weight excluding hydrogens is 170 g/mol. The van der Waals surface area contributed by atoms with Crippen LogP contribution in [0.15, 0.2) is 0 Å². The number of nitrogens with one attached hydrogen (secondary N) is 1. The van der Waals surface area contributed by atoms with Crippen molar-refractivity contribution in [2.24, 2.45) is 5.92 Å². The van der Waals surface area contributed by atoms with Gasteiger partial charge in [-0.1, -0.05) is 13.8 Å². The Balaban J connectivity index is 2.24. The van der Waals surface area contributed by atoms with Gasteiger partial charge in [0.1, 0.15) is 0 Å². The Morgan fingerprint density at radius 2 is 2.00 bits per heavy atom. The average Bonchev–Trinajstić information content (AvgIpc) is 2.06. The third kappa shape index (κ3) is 3.05. The van der Waals surface area contributed by atoms with Crippen molar-refractivity contribution >= 4 is 17.7 Å². The highest BCUT2D eigenvalue weighted by molar-refractivity contribution is 7.99.